The van der Waals surface area contributed by atoms with E-state index in [1.54, 1.807) is 12.1 Å². The van der Waals surface area contributed by atoms with Gasteiger partial charge in [0.1, 0.15) is 0 Å². The molecule has 1 saturated carbocycles. The Bertz CT molecular complexity index is 716. The van der Waals surface area contributed by atoms with Crippen LogP contribution >= 0.6 is 23.6 Å². The Kier molecular flexibility index (Phi) is 4.68. The van der Waals surface area contributed by atoms with Gasteiger partial charge in [0.15, 0.2) is 5.11 Å². The van der Waals surface area contributed by atoms with E-state index in [4.69, 9.17) is 12.2 Å². The summed E-state index contributed by atoms with van der Waals surface area (Å²) in [6, 6.07) is 13.4. The first-order valence-electron chi connectivity index (χ1n) is 7.15. The normalized spacial score (nSPS) is 18.8. The van der Waals surface area contributed by atoms with Crippen molar-refractivity contribution in [3.63, 3.8) is 0 Å². The molecule has 1 aliphatic carbocycles. The first-order valence-corrected chi connectivity index (χ1v) is 8.43. The van der Waals surface area contributed by atoms with Gasteiger partial charge in [-0.15, -0.1) is 11.3 Å². The molecule has 0 bridgehead atoms. The molecule has 0 spiro atoms. The molecule has 7 heteroatoms. The molecule has 3 rings (SSSR count). The third kappa shape index (κ3) is 3.94. The molecule has 5 nitrogen and oxygen atoms in total. The molecule has 2 aromatic rings. The van der Waals surface area contributed by atoms with Crippen LogP contribution in [0.15, 0.2) is 47.8 Å². The lowest BCUT2D eigenvalue weighted by Gasteiger charge is -2.10. The average Bonchev–Trinajstić information content (AvgIpc) is 3.18. The Balaban J connectivity index is 1.43. The molecule has 0 aliphatic heterocycles. The van der Waals surface area contributed by atoms with E-state index in [0.29, 0.717) is 4.88 Å². The van der Waals surface area contributed by atoms with Crippen LogP contribution < -0.4 is 16.2 Å². The number of thiocarbonyl (C=S) groups is 1. The highest BCUT2D eigenvalue weighted by Crippen LogP contribution is 2.47. The fourth-order valence-corrected chi connectivity index (χ4v) is 3.13. The lowest BCUT2D eigenvalue weighted by molar-refractivity contribution is -0.123. The summed E-state index contributed by atoms with van der Waals surface area (Å²) in [4.78, 5) is 24.4. The van der Waals surface area contributed by atoms with Crippen LogP contribution in [0.1, 0.15) is 27.6 Å². The third-order valence-electron chi connectivity index (χ3n) is 3.63. The van der Waals surface area contributed by atoms with Crippen LogP contribution in [0.3, 0.4) is 0 Å². The first kappa shape index (κ1) is 15.6. The van der Waals surface area contributed by atoms with Crippen LogP contribution in [0.5, 0.6) is 0 Å². The monoisotopic (exact) mass is 345 g/mol. The average molecular weight is 345 g/mol. The minimum absolute atomic E-state index is 0.0549. The standard InChI is InChI=1S/C16H15N3O2S2/c20-14(12-9-11(12)10-5-2-1-3-6-10)18-19-16(22)17-15(21)13-7-4-8-23-13/h1-8,11-12H,9H2,(H,18,20)(H2,17,19,21,22)/t11-,12+/m1/s1. The van der Waals surface area contributed by atoms with Crippen molar-refractivity contribution in [2.24, 2.45) is 5.92 Å². The predicted octanol–water partition coefficient (Wildman–Crippen LogP) is 2.19. The predicted molar refractivity (Wildman–Crippen MR) is 93.0 cm³/mol. The van der Waals surface area contributed by atoms with E-state index in [1.807, 2.05) is 35.7 Å². The van der Waals surface area contributed by atoms with Gasteiger partial charge in [-0.1, -0.05) is 36.4 Å². The van der Waals surface area contributed by atoms with Gasteiger partial charge in [-0.2, -0.15) is 0 Å². The molecule has 0 radical (unpaired) electrons. The van der Waals surface area contributed by atoms with E-state index in [0.717, 1.165) is 6.42 Å². The highest BCUT2D eigenvalue weighted by Gasteiger charge is 2.43. The second-order valence-corrected chi connectivity index (χ2v) is 6.59. The van der Waals surface area contributed by atoms with Crippen molar-refractivity contribution in [3.05, 3.63) is 58.3 Å². The van der Waals surface area contributed by atoms with Crippen molar-refractivity contribution in [3.8, 4) is 0 Å². The number of hydrogen-bond donors (Lipinski definition) is 3. The number of amides is 2. The summed E-state index contributed by atoms with van der Waals surface area (Å²) >= 11 is 6.32. The zero-order valence-electron chi connectivity index (χ0n) is 12.1. The number of benzene rings is 1. The van der Waals surface area contributed by atoms with Gasteiger partial charge in [0, 0.05) is 5.92 Å². The molecule has 1 aromatic carbocycles. The summed E-state index contributed by atoms with van der Waals surface area (Å²) < 4.78 is 0. The van der Waals surface area contributed by atoms with Crippen LogP contribution in [0.2, 0.25) is 0 Å². The Morgan fingerprint density at radius 1 is 1.09 bits per heavy atom. The topological polar surface area (TPSA) is 70.2 Å². The molecular weight excluding hydrogens is 330 g/mol. The third-order valence-corrected chi connectivity index (χ3v) is 4.70. The van der Waals surface area contributed by atoms with Gasteiger partial charge in [-0.05, 0) is 41.6 Å². The number of carbonyl (C=O) groups is 2. The molecule has 0 unspecified atom stereocenters. The van der Waals surface area contributed by atoms with Gasteiger partial charge in [0.2, 0.25) is 5.91 Å². The van der Waals surface area contributed by atoms with E-state index in [9.17, 15) is 9.59 Å². The van der Waals surface area contributed by atoms with Gasteiger partial charge in [0.05, 0.1) is 4.88 Å². The van der Waals surface area contributed by atoms with E-state index in [-0.39, 0.29) is 28.8 Å². The van der Waals surface area contributed by atoms with E-state index in [2.05, 4.69) is 16.2 Å². The van der Waals surface area contributed by atoms with E-state index >= 15 is 0 Å². The lowest BCUT2D eigenvalue weighted by atomic mass is 10.1. The number of thiophene rings is 1. The number of hydrazine groups is 1. The summed E-state index contributed by atoms with van der Waals surface area (Å²) in [5.41, 5.74) is 6.29. The van der Waals surface area contributed by atoms with Gasteiger partial charge in [0.25, 0.3) is 5.91 Å². The van der Waals surface area contributed by atoms with Crippen molar-refractivity contribution in [1.82, 2.24) is 16.2 Å². The quantitative estimate of drug-likeness (QED) is 0.589. The number of rotatable bonds is 3. The molecule has 2 amide bonds. The Labute approximate surface area is 143 Å². The molecule has 1 heterocycles. The van der Waals surface area contributed by atoms with E-state index in [1.165, 1.54) is 16.9 Å². The minimum atomic E-state index is -0.291. The van der Waals surface area contributed by atoms with Crippen LogP contribution in [0.25, 0.3) is 0 Å². The van der Waals surface area contributed by atoms with Crippen molar-refractivity contribution < 1.29 is 9.59 Å². The number of hydrogen-bond acceptors (Lipinski definition) is 4. The fourth-order valence-electron chi connectivity index (χ4n) is 2.37. The molecule has 1 aromatic heterocycles. The van der Waals surface area contributed by atoms with Gasteiger partial charge < -0.3 is 0 Å². The lowest BCUT2D eigenvalue weighted by Crippen LogP contribution is -2.48. The van der Waals surface area contributed by atoms with Crippen LogP contribution in [-0.4, -0.2) is 16.9 Å². The molecule has 118 valence electrons. The molecule has 3 N–H and O–H groups in total. The van der Waals surface area contributed by atoms with Crippen LogP contribution in [0.4, 0.5) is 0 Å². The maximum absolute atomic E-state index is 12.1. The molecule has 0 saturated heterocycles. The van der Waals surface area contributed by atoms with Crippen molar-refractivity contribution in [2.75, 3.05) is 0 Å². The molecule has 23 heavy (non-hydrogen) atoms. The Hall–Kier alpha value is -2.25. The summed E-state index contributed by atoms with van der Waals surface area (Å²) in [7, 11) is 0. The maximum Gasteiger partial charge on any atom is 0.267 e. The minimum Gasteiger partial charge on any atom is -0.297 e. The Morgan fingerprint density at radius 3 is 2.57 bits per heavy atom. The van der Waals surface area contributed by atoms with Crippen molar-refractivity contribution >= 4 is 40.5 Å². The largest absolute Gasteiger partial charge is 0.297 e. The van der Waals surface area contributed by atoms with Crippen LogP contribution in [0, 0.1) is 5.92 Å². The van der Waals surface area contributed by atoms with E-state index < -0.39 is 0 Å². The summed E-state index contributed by atoms with van der Waals surface area (Å²) in [6.45, 7) is 0. The number of nitrogens with one attached hydrogen (secondary N) is 3. The second-order valence-electron chi connectivity index (χ2n) is 5.23. The van der Waals surface area contributed by atoms with Gasteiger partial charge in [-0.3, -0.25) is 25.8 Å². The van der Waals surface area contributed by atoms with Crippen LogP contribution in [-0.2, 0) is 4.79 Å². The zero-order chi connectivity index (χ0) is 16.2. The first-order chi connectivity index (χ1) is 11.1. The van der Waals surface area contributed by atoms with Gasteiger partial charge >= 0.3 is 0 Å². The Morgan fingerprint density at radius 2 is 1.87 bits per heavy atom. The van der Waals surface area contributed by atoms with Crippen molar-refractivity contribution in [1.29, 1.82) is 0 Å². The number of carbonyl (C=O) groups excluding carboxylic acids is 2. The maximum atomic E-state index is 12.1. The smallest absolute Gasteiger partial charge is 0.267 e. The summed E-state index contributed by atoms with van der Waals surface area (Å²) in [5.74, 6) is -0.208. The fraction of sp³-hybridized carbons (Fsp3) is 0.188. The SMILES string of the molecule is O=C(NC(=S)NNC(=O)[C@H]1C[C@@H]1c1ccccc1)c1cccs1. The molecule has 2 atom stereocenters. The zero-order valence-corrected chi connectivity index (χ0v) is 13.7. The highest BCUT2D eigenvalue weighted by molar-refractivity contribution is 7.80. The molecule has 1 fully saturated rings. The van der Waals surface area contributed by atoms with Gasteiger partial charge in [-0.25, -0.2) is 0 Å². The second kappa shape index (κ2) is 6.89. The summed E-state index contributed by atoms with van der Waals surface area (Å²) in [6.07, 6.45) is 0.825. The van der Waals surface area contributed by atoms with Crippen molar-refractivity contribution in [2.45, 2.75) is 12.3 Å². The summed E-state index contributed by atoms with van der Waals surface area (Å²) in [5, 5.41) is 4.40. The molecular formula is C16H15N3O2S2. The molecule has 1 aliphatic rings. The highest BCUT2D eigenvalue weighted by atomic mass is 32.1.